The van der Waals surface area contributed by atoms with Crippen LogP contribution in [0.5, 0.6) is 0 Å². The van der Waals surface area contributed by atoms with Gasteiger partial charge in [0, 0.05) is 44.6 Å². The molecule has 0 saturated carbocycles. The zero-order valence-electron chi connectivity index (χ0n) is 19.6. The van der Waals surface area contributed by atoms with Gasteiger partial charge in [0.15, 0.2) is 0 Å². The molecule has 10 heteroatoms. The minimum Gasteiger partial charge on any atom is -0.364 e. The number of amides is 1. The Bertz CT molecular complexity index is 1470. The summed E-state index contributed by atoms with van der Waals surface area (Å²) in [4.78, 5) is 16.1. The van der Waals surface area contributed by atoms with E-state index in [9.17, 15) is 13.2 Å². The number of nitrogens with zero attached hydrogens (tertiary/aromatic N) is 4. The second kappa shape index (κ2) is 9.02. The standard InChI is InChI=1S/C26H26N4O4S2/c31-25(20-5-1-2-6-22(20)28-13-3-4-14-28)29-15-10-26(11-16-29)12-17-30(19-26)36(32,33)24-8-7-23(35-24)21-9-18-34-27-21/h1-9,13-14,18H,10-12,15-17,19H2. The number of hydrogen-bond acceptors (Lipinski definition) is 6. The van der Waals surface area contributed by atoms with Crippen molar-refractivity contribution in [3.63, 3.8) is 0 Å². The Labute approximate surface area is 213 Å². The maximum atomic E-state index is 13.4. The number of piperidine rings is 1. The zero-order chi connectivity index (χ0) is 24.8. The maximum absolute atomic E-state index is 13.4. The Balaban J connectivity index is 1.13. The Morgan fingerprint density at radius 1 is 0.944 bits per heavy atom. The molecule has 0 radical (unpaired) electrons. The molecule has 36 heavy (non-hydrogen) atoms. The van der Waals surface area contributed by atoms with E-state index in [0.717, 1.165) is 29.8 Å². The molecule has 8 nitrogen and oxygen atoms in total. The highest BCUT2D eigenvalue weighted by molar-refractivity contribution is 7.91. The van der Waals surface area contributed by atoms with Crippen LogP contribution in [0.1, 0.15) is 29.6 Å². The molecule has 2 fully saturated rings. The van der Waals surface area contributed by atoms with Gasteiger partial charge in [-0.3, -0.25) is 4.79 Å². The van der Waals surface area contributed by atoms with Crippen molar-refractivity contribution < 1.29 is 17.7 Å². The van der Waals surface area contributed by atoms with E-state index in [2.05, 4.69) is 5.16 Å². The molecular weight excluding hydrogens is 496 g/mol. The van der Waals surface area contributed by atoms with Crippen molar-refractivity contribution >= 4 is 27.3 Å². The van der Waals surface area contributed by atoms with Crippen LogP contribution in [0.15, 0.2) is 82.0 Å². The van der Waals surface area contributed by atoms with Crippen LogP contribution < -0.4 is 0 Å². The quantitative estimate of drug-likeness (QED) is 0.385. The average molecular weight is 523 g/mol. The minimum absolute atomic E-state index is 0.0237. The summed E-state index contributed by atoms with van der Waals surface area (Å²) in [5, 5.41) is 3.90. The first-order valence-corrected chi connectivity index (χ1v) is 14.2. The monoisotopic (exact) mass is 522 g/mol. The van der Waals surface area contributed by atoms with Gasteiger partial charge in [-0.1, -0.05) is 17.3 Å². The van der Waals surface area contributed by atoms with Gasteiger partial charge in [-0.15, -0.1) is 11.3 Å². The van der Waals surface area contributed by atoms with Crippen LogP contribution in [0, 0.1) is 5.41 Å². The van der Waals surface area contributed by atoms with Crippen molar-refractivity contribution in [3.05, 3.63) is 78.8 Å². The van der Waals surface area contributed by atoms with Gasteiger partial charge >= 0.3 is 0 Å². The van der Waals surface area contributed by atoms with E-state index in [1.165, 1.54) is 17.6 Å². The lowest BCUT2D eigenvalue weighted by molar-refractivity contribution is 0.0600. The van der Waals surface area contributed by atoms with Gasteiger partial charge in [0.2, 0.25) is 0 Å². The number of likely N-dealkylation sites (tertiary alicyclic amines) is 1. The highest BCUT2D eigenvalue weighted by Crippen LogP contribution is 2.43. The second-order valence-electron chi connectivity index (χ2n) is 9.49. The zero-order valence-corrected chi connectivity index (χ0v) is 21.2. The third kappa shape index (κ3) is 4.08. The van der Waals surface area contributed by atoms with Crippen LogP contribution in [0.2, 0.25) is 0 Å². The van der Waals surface area contributed by atoms with E-state index < -0.39 is 10.0 Å². The van der Waals surface area contributed by atoms with E-state index in [1.54, 1.807) is 22.5 Å². The lowest BCUT2D eigenvalue weighted by Crippen LogP contribution is -2.44. The summed E-state index contributed by atoms with van der Waals surface area (Å²) in [6, 6.07) is 16.7. The third-order valence-corrected chi connectivity index (χ3v) is 10.8. The summed E-state index contributed by atoms with van der Waals surface area (Å²) in [7, 11) is -3.58. The average Bonchev–Trinajstić information content (AvgIpc) is 3.70. The van der Waals surface area contributed by atoms with Gasteiger partial charge in [-0.05, 0) is 61.1 Å². The van der Waals surface area contributed by atoms with E-state index in [0.29, 0.717) is 41.6 Å². The molecule has 0 atom stereocenters. The molecule has 1 amide bonds. The number of sulfonamides is 1. The van der Waals surface area contributed by atoms with Crippen molar-refractivity contribution in [1.29, 1.82) is 0 Å². The molecule has 0 aliphatic carbocycles. The molecule has 3 aromatic heterocycles. The van der Waals surface area contributed by atoms with Crippen LogP contribution in [0.3, 0.4) is 0 Å². The van der Waals surface area contributed by atoms with Gasteiger partial charge < -0.3 is 14.0 Å². The number of rotatable bonds is 5. The number of aromatic nitrogens is 2. The number of benzene rings is 1. The Kier molecular flexibility index (Phi) is 5.82. The number of carbonyl (C=O) groups is 1. The summed E-state index contributed by atoms with van der Waals surface area (Å²) in [5.74, 6) is 0.0237. The van der Waals surface area contributed by atoms with Crippen LogP contribution in [-0.2, 0) is 10.0 Å². The largest absolute Gasteiger partial charge is 0.364 e. The van der Waals surface area contributed by atoms with Crippen LogP contribution in [0.25, 0.3) is 16.3 Å². The summed E-state index contributed by atoms with van der Waals surface area (Å²) >= 11 is 1.21. The van der Waals surface area contributed by atoms with Crippen molar-refractivity contribution in [2.75, 3.05) is 26.2 Å². The predicted octanol–water partition coefficient (Wildman–Crippen LogP) is 4.51. The molecule has 2 aliphatic heterocycles. The molecule has 2 aliphatic rings. The SMILES string of the molecule is O=C(c1ccccc1-n1cccc1)N1CCC2(CC1)CCN(S(=O)(=O)c1ccc(-c3ccon3)s1)C2. The first-order chi connectivity index (χ1) is 17.5. The van der Waals surface area contributed by atoms with Crippen molar-refractivity contribution in [3.8, 4) is 16.3 Å². The van der Waals surface area contributed by atoms with Gasteiger partial charge in [0.1, 0.15) is 16.2 Å². The number of thiophene rings is 1. The van der Waals surface area contributed by atoms with Gasteiger partial charge in [0.25, 0.3) is 15.9 Å². The smallest absolute Gasteiger partial charge is 0.255 e. The molecule has 0 N–H and O–H groups in total. The topological polar surface area (TPSA) is 88.7 Å². The van der Waals surface area contributed by atoms with Crippen molar-refractivity contribution in [1.82, 2.24) is 18.9 Å². The van der Waals surface area contributed by atoms with Crippen molar-refractivity contribution in [2.24, 2.45) is 5.41 Å². The van der Waals surface area contributed by atoms with E-state index in [1.807, 2.05) is 58.3 Å². The first-order valence-electron chi connectivity index (χ1n) is 12.0. The number of para-hydroxylation sites is 1. The summed E-state index contributed by atoms with van der Waals surface area (Å²) in [6.45, 7) is 2.25. The second-order valence-corrected chi connectivity index (χ2v) is 12.7. The van der Waals surface area contributed by atoms with E-state index >= 15 is 0 Å². The van der Waals surface area contributed by atoms with Crippen LogP contribution >= 0.6 is 11.3 Å². The van der Waals surface area contributed by atoms with Gasteiger partial charge in [0.05, 0.1) is 16.1 Å². The summed E-state index contributed by atoms with van der Waals surface area (Å²) in [6.07, 6.45) is 7.76. The lowest BCUT2D eigenvalue weighted by atomic mass is 9.78. The lowest BCUT2D eigenvalue weighted by Gasteiger charge is -2.39. The third-order valence-electron chi connectivity index (χ3n) is 7.40. The van der Waals surface area contributed by atoms with Crippen molar-refractivity contribution in [2.45, 2.75) is 23.5 Å². The van der Waals surface area contributed by atoms with Crippen LogP contribution in [0.4, 0.5) is 0 Å². The molecule has 0 bridgehead atoms. The number of hydrogen-bond donors (Lipinski definition) is 0. The molecule has 0 unspecified atom stereocenters. The molecule has 186 valence electrons. The number of carbonyl (C=O) groups excluding carboxylic acids is 1. The molecule has 4 aromatic rings. The fourth-order valence-corrected chi connectivity index (χ4v) is 8.28. The predicted molar refractivity (Wildman–Crippen MR) is 137 cm³/mol. The fourth-order valence-electron chi connectivity index (χ4n) is 5.30. The Hall–Kier alpha value is -3.21. The Morgan fingerprint density at radius 2 is 1.69 bits per heavy atom. The molecule has 5 heterocycles. The van der Waals surface area contributed by atoms with E-state index in [-0.39, 0.29) is 11.3 Å². The summed E-state index contributed by atoms with van der Waals surface area (Å²) < 4.78 is 35.5. The first kappa shape index (κ1) is 23.2. The van der Waals surface area contributed by atoms with Gasteiger partial charge in [-0.25, -0.2) is 8.42 Å². The molecule has 2 saturated heterocycles. The highest BCUT2D eigenvalue weighted by atomic mass is 32.2. The normalized spacial score (nSPS) is 18.2. The fraction of sp³-hybridized carbons (Fsp3) is 0.308. The van der Waals surface area contributed by atoms with Gasteiger partial charge in [-0.2, -0.15) is 4.31 Å². The minimum atomic E-state index is -3.58. The van der Waals surface area contributed by atoms with Crippen LogP contribution in [-0.4, -0.2) is 59.4 Å². The molecule has 6 rings (SSSR count). The molecular formula is C26H26N4O4S2. The molecule has 1 aromatic carbocycles. The Morgan fingerprint density at radius 3 is 2.44 bits per heavy atom. The molecule has 1 spiro atoms. The van der Waals surface area contributed by atoms with E-state index in [4.69, 9.17) is 4.52 Å². The maximum Gasteiger partial charge on any atom is 0.255 e. The highest BCUT2D eigenvalue weighted by Gasteiger charge is 2.45. The summed E-state index contributed by atoms with van der Waals surface area (Å²) in [5.41, 5.74) is 2.10.